The average Bonchev–Trinajstić information content (AvgIpc) is 4.05. The Labute approximate surface area is 438 Å². The Balaban J connectivity index is 0.000000181. The van der Waals surface area contributed by atoms with Gasteiger partial charge in [-0.15, -0.1) is 12.4 Å². The van der Waals surface area contributed by atoms with Crippen LogP contribution in [0.2, 0.25) is 0 Å². The van der Waals surface area contributed by atoms with Gasteiger partial charge in [0, 0.05) is 12.0 Å². The number of halogens is 1. The molecule has 0 unspecified atom stereocenters. The summed E-state index contributed by atoms with van der Waals surface area (Å²) in [5, 5.41) is 39.8. The smallest absolute Gasteiger partial charge is 0.323 e. The van der Waals surface area contributed by atoms with E-state index in [1.807, 2.05) is 51.1 Å². The lowest BCUT2D eigenvalue weighted by molar-refractivity contribution is -0.174. The van der Waals surface area contributed by atoms with E-state index in [2.05, 4.69) is 40.9 Å². The number of fused-ring (bicyclic) bond motifs is 6. The Morgan fingerprint density at radius 1 is 0.946 bits per heavy atom. The predicted molar refractivity (Wildman–Crippen MR) is 282 cm³/mol. The number of aliphatic hydroxyl groups excluding tert-OH is 2. The molecule has 0 spiro atoms. The second-order valence-corrected chi connectivity index (χ2v) is 23.1. The van der Waals surface area contributed by atoms with Gasteiger partial charge in [0.1, 0.15) is 30.8 Å². The molecule has 0 amide bonds. The van der Waals surface area contributed by atoms with Crippen molar-refractivity contribution in [2.24, 2.45) is 63.1 Å². The maximum Gasteiger partial charge on any atom is 0.323 e. The summed E-state index contributed by atoms with van der Waals surface area (Å²) in [6.45, 7) is 13.0. The molecule has 0 saturated heterocycles. The van der Waals surface area contributed by atoms with Crippen molar-refractivity contribution in [2.45, 2.75) is 136 Å². The van der Waals surface area contributed by atoms with Crippen molar-refractivity contribution in [1.29, 1.82) is 0 Å². The van der Waals surface area contributed by atoms with Crippen molar-refractivity contribution in [2.75, 3.05) is 18.9 Å². The van der Waals surface area contributed by atoms with Crippen molar-refractivity contribution in [3.05, 3.63) is 77.0 Å². The van der Waals surface area contributed by atoms with Crippen LogP contribution in [0.4, 0.5) is 5.95 Å². The first-order chi connectivity index (χ1) is 34.5. The first kappa shape index (κ1) is 58.0. The quantitative estimate of drug-likeness (QED) is 0.0432. The summed E-state index contributed by atoms with van der Waals surface area (Å²) < 4.78 is 39.9. The number of aromatic amines is 1. The molecule has 9 rings (SSSR count). The molecule has 2 aromatic carbocycles. The number of nitrogen functional groups attached to an aromatic ring is 1. The molecule has 21 heteroatoms. The van der Waals surface area contributed by atoms with E-state index in [0.29, 0.717) is 46.9 Å². The van der Waals surface area contributed by atoms with Gasteiger partial charge in [-0.3, -0.25) is 23.9 Å². The largest absolute Gasteiger partial charge is 0.481 e. The summed E-state index contributed by atoms with van der Waals surface area (Å²) in [7, 11) is -3.70. The van der Waals surface area contributed by atoms with Gasteiger partial charge in [0.25, 0.3) is 5.56 Å². The summed E-state index contributed by atoms with van der Waals surface area (Å²) in [4.78, 5) is 44.6. The number of hydrogen-bond acceptors (Lipinski definition) is 15. The number of anilines is 1. The number of esters is 1. The van der Waals surface area contributed by atoms with E-state index >= 15 is 0 Å². The fourth-order valence-electron chi connectivity index (χ4n) is 12.8. The molecule has 19 nitrogen and oxygen atoms in total. The minimum absolute atomic E-state index is 0. The Morgan fingerprint density at radius 2 is 1.62 bits per heavy atom. The minimum Gasteiger partial charge on any atom is -0.481 e. The van der Waals surface area contributed by atoms with Gasteiger partial charge in [-0.25, -0.2) is 18.5 Å². The molecule has 4 aliphatic rings. The monoisotopic (exact) mass is 1070 g/mol. The molecule has 0 bridgehead atoms. The molecule has 11 atom stereocenters. The number of carboxylic acids is 1. The first-order valence-corrected chi connectivity index (χ1v) is 27.0. The summed E-state index contributed by atoms with van der Waals surface area (Å²) >= 11 is 0. The van der Waals surface area contributed by atoms with Gasteiger partial charge in [-0.05, 0) is 135 Å². The fraction of sp³-hybridized carbons (Fsp3) is 0.585. The van der Waals surface area contributed by atoms with Crippen molar-refractivity contribution in [3.8, 4) is 22.4 Å². The number of H-pyrrole nitrogens is 1. The van der Waals surface area contributed by atoms with Gasteiger partial charge in [-0.2, -0.15) is 4.98 Å². The zero-order chi connectivity index (χ0) is 53.0. The molecule has 0 aliphatic heterocycles. The van der Waals surface area contributed by atoms with E-state index in [4.69, 9.17) is 35.7 Å². The summed E-state index contributed by atoms with van der Waals surface area (Å²) in [5.41, 5.74) is 15.1. The highest BCUT2D eigenvalue weighted by Gasteiger charge is 2.62. The van der Waals surface area contributed by atoms with Crippen LogP contribution in [-0.4, -0.2) is 91.8 Å². The maximum atomic E-state index is 11.6. The molecule has 3 heterocycles. The standard InChI is InChI=1S/C24H40O4.C16H14N2O3S.C13H20N6O4.ClH/c1-14(4-7-21(27)28)17-5-6-18-22-19(9-11-24(17,18)3)23(2)10-8-16(25)12-15(23)13-20(22)26;1-11-15(12-7-9-14(10-8-12)22(17,19)20)16(18-21-11)13-5-3-2-4-6-13;1-7(2)8(14)12(21)23-4-3-22-6-19-5-16-9-10(19)17-13(15)18-11(9)20;/h14-20,22,25-26H,4-13H2,1-3H3,(H,27,28);2-10H,1H3,(H2,17,19,20);5,7-8H,3-4,6,14H2,1-2H3,(H3,15,17,18,20);1H/t14-,15+,16-,17-,18+,19+,20+,22+,23+,24-;;8-;/m1.0./s1. The highest BCUT2D eigenvalue weighted by Crippen LogP contribution is 2.68. The fourth-order valence-corrected chi connectivity index (χ4v) is 13.4. The molecule has 406 valence electrons. The number of rotatable bonds is 14. The van der Waals surface area contributed by atoms with Crippen LogP contribution >= 0.6 is 12.4 Å². The third-order valence-corrected chi connectivity index (χ3v) is 17.7. The van der Waals surface area contributed by atoms with E-state index in [1.54, 1.807) is 12.1 Å². The molecule has 4 aliphatic carbocycles. The molecule has 5 aromatic rings. The van der Waals surface area contributed by atoms with Crippen molar-refractivity contribution in [1.82, 2.24) is 24.7 Å². The van der Waals surface area contributed by atoms with Gasteiger partial charge in [0.05, 0.1) is 35.6 Å². The predicted octanol–water partition coefficient (Wildman–Crippen LogP) is 7.07. The third kappa shape index (κ3) is 12.7. The Morgan fingerprint density at radius 3 is 2.28 bits per heavy atom. The number of ether oxygens (including phenoxy) is 2. The number of hydrogen-bond donors (Lipinski definition) is 7. The van der Waals surface area contributed by atoms with E-state index in [9.17, 15) is 33.0 Å². The number of carbonyl (C=O) groups is 2. The van der Waals surface area contributed by atoms with Crippen molar-refractivity contribution in [3.63, 3.8) is 0 Å². The summed E-state index contributed by atoms with van der Waals surface area (Å²) in [5.74, 6) is 2.58. The van der Waals surface area contributed by atoms with Crippen molar-refractivity contribution < 1.29 is 47.3 Å². The second kappa shape index (κ2) is 24.2. The number of aliphatic carboxylic acids is 1. The lowest BCUT2D eigenvalue weighted by Gasteiger charge is -2.62. The molecule has 0 radical (unpaired) electrons. The number of carbonyl (C=O) groups excluding carboxylic acids is 1. The van der Waals surface area contributed by atoms with E-state index in [-0.39, 0.29) is 84.1 Å². The van der Waals surface area contributed by atoms with Crippen LogP contribution in [-0.2, 0) is 35.8 Å². The van der Waals surface area contributed by atoms with Gasteiger partial charge in [0.2, 0.25) is 16.0 Å². The number of aryl methyl sites for hydroxylation is 1. The molecule has 3 aromatic heterocycles. The highest BCUT2D eigenvalue weighted by molar-refractivity contribution is 7.89. The summed E-state index contributed by atoms with van der Waals surface area (Å²) in [6.07, 6.45) is 10.6. The zero-order valence-electron chi connectivity index (χ0n) is 43.2. The number of primary sulfonamides is 1. The SMILES string of the molecule is CC(C)[C@H](N)C(=O)OCCOCn1cnc2c(=O)[nH]c(N)nc21.C[C@H](CCC(=O)O)[C@H]1CC[C@H]2[C@@H]3[C@@H](O)C[C@@H]4C[C@H](O)CC[C@]4(C)[C@H]3CC[C@]12C.Cc1onc(-c2ccccc2)c1-c1ccc(S(N)(=O)=O)cc1.Cl. The minimum atomic E-state index is -3.70. The van der Waals surface area contributed by atoms with Crippen LogP contribution in [0.1, 0.15) is 105 Å². The van der Waals surface area contributed by atoms with Crippen LogP contribution in [0.15, 0.2) is 75.1 Å². The Hall–Kier alpha value is -5.22. The Kier molecular flexibility index (Phi) is 19.0. The van der Waals surface area contributed by atoms with Crippen molar-refractivity contribution >= 4 is 51.5 Å². The number of nitrogens with zero attached hydrogens (tertiary/aromatic N) is 4. The normalized spacial score (nSPS) is 26.9. The van der Waals surface area contributed by atoms with Gasteiger partial charge in [0.15, 0.2) is 11.2 Å². The van der Waals surface area contributed by atoms with Crippen LogP contribution in [0.3, 0.4) is 0 Å². The molecular formula is C53H75ClN8O11S. The number of aliphatic hydroxyl groups is 2. The van der Waals surface area contributed by atoms with E-state index in [0.717, 1.165) is 54.5 Å². The molecule has 4 fully saturated rings. The molecule has 4 saturated carbocycles. The first-order valence-electron chi connectivity index (χ1n) is 25.5. The van der Waals surface area contributed by atoms with Gasteiger partial charge in [-0.1, -0.05) is 82.2 Å². The Bertz CT molecular complexity index is 2860. The maximum absolute atomic E-state index is 11.6. The van der Waals surface area contributed by atoms with Gasteiger partial charge < -0.3 is 40.8 Å². The zero-order valence-corrected chi connectivity index (χ0v) is 44.8. The number of nitrogens with one attached hydrogen (secondary N) is 1. The molecular weight excluding hydrogens is 992 g/mol. The number of benzene rings is 2. The molecule has 74 heavy (non-hydrogen) atoms. The van der Waals surface area contributed by atoms with Crippen LogP contribution in [0.25, 0.3) is 33.5 Å². The number of carboxylic acid groups (broad SMARTS) is 1. The summed E-state index contributed by atoms with van der Waals surface area (Å²) in [6, 6.07) is 15.4. The lowest BCUT2D eigenvalue weighted by Crippen LogP contribution is -2.58. The van der Waals surface area contributed by atoms with E-state index < -0.39 is 33.6 Å². The topological polar surface area (TPSA) is 315 Å². The number of imidazole rings is 1. The van der Waals surface area contributed by atoms with Crippen LogP contribution in [0, 0.1) is 59.2 Å². The van der Waals surface area contributed by atoms with Crippen LogP contribution in [0.5, 0.6) is 0 Å². The highest BCUT2D eigenvalue weighted by atomic mass is 35.5. The molecule has 10 N–H and O–H groups in total. The number of sulfonamides is 1. The van der Waals surface area contributed by atoms with E-state index in [1.165, 1.54) is 48.7 Å². The number of aromatic nitrogens is 5. The second-order valence-electron chi connectivity index (χ2n) is 21.6. The third-order valence-electron chi connectivity index (χ3n) is 16.8. The number of nitrogens with two attached hydrogens (primary N) is 3. The van der Waals surface area contributed by atoms with Gasteiger partial charge >= 0.3 is 11.9 Å². The lowest BCUT2D eigenvalue weighted by atomic mass is 9.43. The van der Waals surface area contributed by atoms with Crippen LogP contribution < -0.4 is 22.2 Å². The average molecular weight is 1070 g/mol.